The molecule has 1 unspecified atom stereocenters. The summed E-state index contributed by atoms with van der Waals surface area (Å²) in [4.78, 5) is 0. The number of hydrogen-bond acceptors (Lipinski definition) is 2. The molecule has 0 aliphatic carbocycles. The molecule has 104 valence electrons. The van der Waals surface area contributed by atoms with Crippen molar-refractivity contribution in [2.24, 2.45) is 11.7 Å². The van der Waals surface area contributed by atoms with Gasteiger partial charge in [-0.3, -0.25) is 0 Å². The molecular weight excluding hydrogens is 283 g/mol. The van der Waals surface area contributed by atoms with Crippen molar-refractivity contribution >= 4 is 24.0 Å². The SMILES string of the molecule is CCC(C)[C@@H](O)[C@@H](N)c1c(F)ccc(Cl)c1F.Cl. The van der Waals surface area contributed by atoms with Crippen molar-refractivity contribution < 1.29 is 13.9 Å². The maximum atomic E-state index is 13.7. The van der Waals surface area contributed by atoms with Crippen LogP contribution in [0.1, 0.15) is 31.9 Å². The lowest BCUT2D eigenvalue weighted by Crippen LogP contribution is -2.33. The molecule has 3 N–H and O–H groups in total. The van der Waals surface area contributed by atoms with Gasteiger partial charge < -0.3 is 10.8 Å². The molecule has 2 nitrogen and oxygen atoms in total. The zero-order valence-electron chi connectivity index (χ0n) is 10.2. The lowest BCUT2D eigenvalue weighted by atomic mass is 9.91. The second-order valence-electron chi connectivity index (χ2n) is 4.16. The fourth-order valence-electron chi connectivity index (χ4n) is 1.61. The van der Waals surface area contributed by atoms with Crippen LogP contribution >= 0.6 is 24.0 Å². The summed E-state index contributed by atoms with van der Waals surface area (Å²) >= 11 is 5.57. The highest BCUT2D eigenvalue weighted by molar-refractivity contribution is 6.30. The van der Waals surface area contributed by atoms with Crippen molar-refractivity contribution in [3.8, 4) is 0 Å². The number of nitrogens with two attached hydrogens (primary N) is 1. The average Bonchev–Trinajstić information content (AvgIpc) is 2.32. The first-order valence-corrected chi connectivity index (χ1v) is 5.85. The smallest absolute Gasteiger partial charge is 0.149 e. The summed E-state index contributed by atoms with van der Waals surface area (Å²) in [6.45, 7) is 3.64. The molecule has 0 saturated carbocycles. The van der Waals surface area contributed by atoms with E-state index >= 15 is 0 Å². The summed E-state index contributed by atoms with van der Waals surface area (Å²) in [7, 11) is 0. The number of aliphatic hydroxyl groups excluding tert-OH is 1. The Balaban J connectivity index is 0.00000289. The molecule has 0 aliphatic heterocycles. The van der Waals surface area contributed by atoms with Gasteiger partial charge in [-0.25, -0.2) is 8.78 Å². The molecule has 6 heteroatoms. The molecule has 0 saturated heterocycles. The van der Waals surface area contributed by atoms with Crippen LogP contribution in [0, 0.1) is 17.6 Å². The minimum Gasteiger partial charge on any atom is -0.391 e. The predicted octanol–water partition coefficient (Wildman–Crippen LogP) is 3.45. The Kier molecular flexibility index (Phi) is 7.07. The predicted molar refractivity (Wildman–Crippen MR) is 71.0 cm³/mol. The van der Waals surface area contributed by atoms with Crippen LogP contribution in [-0.2, 0) is 0 Å². The molecule has 18 heavy (non-hydrogen) atoms. The van der Waals surface area contributed by atoms with E-state index in [1.807, 2.05) is 6.92 Å². The summed E-state index contributed by atoms with van der Waals surface area (Å²) in [5, 5.41) is 9.68. The van der Waals surface area contributed by atoms with Gasteiger partial charge in [-0.15, -0.1) is 12.4 Å². The molecule has 0 fully saturated rings. The first-order chi connectivity index (χ1) is 7.90. The first-order valence-electron chi connectivity index (χ1n) is 5.47. The van der Waals surface area contributed by atoms with Crippen LogP contribution in [0.15, 0.2) is 12.1 Å². The Bertz CT molecular complexity index is 404. The second-order valence-corrected chi connectivity index (χ2v) is 4.57. The highest BCUT2D eigenvalue weighted by Crippen LogP contribution is 2.29. The van der Waals surface area contributed by atoms with E-state index in [1.165, 1.54) is 0 Å². The molecule has 1 rings (SSSR count). The van der Waals surface area contributed by atoms with Crippen LogP contribution in [0.4, 0.5) is 8.78 Å². The topological polar surface area (TPSA) is 46.2 Å². The molecule has 0 heterocycles. The van der Waals surface area contributed by atoms with Crippen LogP contribution in [0.2, 0.25) is 5.02 Å². The van der Waals surface area contributed by atoms with E-state index in [9.17, 15) is 13.9 Å². The largest absolute Gasteiger partial charge is 0.391 e. The molecular formula is C12H17Cl2F2NO. The molecule has 1 aromatic rings. The number of rotatable bonds is 4. The van der Waals surface area contributed by atoms with Gasteiger partial charge >= 0.3 is 0 Å². The summed E-state index contributed by atoms with van der Waals surface area (Å²) in [5.74, 6) is -1.84. The third-order valence-corrected chi connectivity index (χ3v) is 3.30. The Morgan fingerprint density at radius 1 is 1.39 bits per heavy atom. The minimum atomic E-state index is -1.12. The van der Waals surface area contributed by atoms with Gasteiger partial charge in [-0.1, -0.05) is 31.9 Å². The van der Waals surface area contributed by atoms with Gasteiger partial charge in [0.25, 0.3) is 0 Å². The molecule has 0 spiro atoms. The fraction of sp³-hybridized carbons (Fsp3) is 0.500. The number of aliphatic hydroxyl groups is 1. The molecule has 1 aromatic carbocycles. The quantitative estimate of drug-likeness (QED) is 0.837. The first kappa shape index (κ1) is 17.6. The summed E-state index contributed by atoms with van der Waals surface area (Å²) in [6.07, 6.45) is -0.346. The van der Waals surface area contributed by atoms with Crippen LogP contribution in [0.3, 0.4) is 0 Å². The van der Waals surface area contributed by atoms with Crippen LogP contribution in [-0.4, -0.2) is 11.2 Å². The van der Waals surface area contributed by atoms with Crippen molar-refractivity contribution in [3.05, 3.63) is 34.4 Å². The van der Waals surface area contributed by atoms with Crippen molar-refractivity contribution in [1.29, 1.82) is 0 Å². The zero-order valence-corrected chi connectivity index (χ0v) is 11.7. The molecule has 3 atom stereocenters. The van der Waals surface area contributed by atoms with Gasteiger partial charge in [0.2, 0.25) is 0 Å². The molecule has 0 amide bonds. The Hall–Kier alpha value is -0.420. The zero-order chi connectivity index (χ0) is 13.2. The summed E-state index contributed by atoms with van der Waals surface area (Å²) < 4.78 is 27.2. The maximum Gasteiger partial charge on any atom is 0.149 e. The van der Waals surface area contributed by atoms with E-state index in [1.54, 1.807) is 6.92 Å². The average molecular weight is 300 g/mol. The van der Waals surface area contributed by atoms with Gasteiger partial charge in [0.1, 0.15) is 11.6 Å². The molecule has 0 aromatic heterocycles. The van der Waals surface area contributed by atoms with Crippen molar-refractivity contribution in [3.63, 3.8) is 0 Å². The van der Waals surface area contributed by atoms with Gasteiger partial charge in [0.15, 0.2) is 0 Å². The third kappa shape index (κ3) is 3.54. The molecule has 0 bridgehead atoms. The lowest BCUT2D eigenvalue weighted by molar-refractivity contribution is 0.0854. The maximum absolute atomic E-state index is 13.7. The highest BCUT2D eigenvalue weighted by Gasteiger charge is 2.27. The van der Waals surface area contributed by atoms with E-state index in [2.05, 4.69) is 0 Å². The summed E-state index contributed by atoms with van der Waals surface area (Å²) in [5.41, 5.74) is 5.34. The van der Waals surface area contributed by atoms with E-state index in [4.69, 9.17) is 17.3 Å². The highest BCUT2D eigenvalue weighted by atomic mass is 35.5. The van der Waals surface area contributed by atoms with Gasteiger partial charge in [0, 0.05) is 5.56 Å². The monoisotopic (exact) mass is 299 g/mol. The molecule has 0 radical (unpaired) electrons. The van der Waals surface area contributed by atoms with Crippen molar-refractivity contribution in [2.75, 3.05) is 0 Å². The van der Waals surface area contributed by atoms with Crippen molar-refractivity contribution in [2.45, 2.75) is 32.4 Å². The van der Waals surface area contributed by atoms with Gasteiger partial charge in [-0.05, 0) is 18.1 Å². The second kappa shape index (κ2) is 7.24. The standard InChI is InChI=1S/C12H16ClF2NO.ClH/c1-3-6(2)12(17)11(16)9-8(14)5-4-7(13)10(9)15;/h4-6,11-12,17H,3,16H2,1-2H3;1H/t6?,11-,12+;/m0./s1. The van der Waals surface area contributed by atoms with E-state index in [0.717, 1.165) is 12.1 Å². The Labute approximate surface area is 117 Å². The van der Waals surface area contributed by atoms with Gasteiger partial charge in [0.05, 0.1) is 17.2 Å². The third-order valence-electron chi connectivity index (χ3n) is 3.01. The van der Waals surface area contributed by atoms with Crippen LogP contribution in [0.25, 0.3) is 0 Å². The fourth-order valence-corrected chi connectivity index (χ4v) is 1.78. The Morgan fingerprint density at radius 2 is 1.94 bits per heavy atom. The minimum absolute atomic E-state index is 0. The normalized spacial score (nSPS) is 15.7. The number of benzene rings is 1. The van der Waals surface area contributed by atoms with Crippen molar-refractivity contribution in [1.82, 2.24) is 0 Å². The van der Waals surface area contributed by atoms with Gasteiger partial charge in [-0.2, -0.15) is 0 Å². The Morgan fingerprint density at radius 3 is 2.44 bits per heavy atom. The molecule has 0 aliphatic rings. The number of halogens is 4. The lowest BCUT2D eigenvalue weighted by Gasteiger charge is -2.25. The number of hydrogen-bond donors (Lipinski definition) is 2. The van der Waals surface area contributed by atoms with E-state index in [-0.39, 0.29) is 28.9 Å². The van der Waals surface area contributed by atoms with E-state index < -0.39 is 23.8 Å². The van der Waals surface area contributed by atoms with Crippen LogP contribution in [0.5, 0.6) is 0 Å². The van der Waals surface area contributed by atoms with Crippen LogP contribution < -0.4 is 5.73 Å². The van der Waals surface area contributed by atoms with E-state index in [0.29, 0.717) is 6.42 Å². The summed E-state index contributed by atoms with van der Waals surface area (Å²) in [6, 6.07) is 1.05.